The number of likely N-dealkylation sites (N-methyl/N-ethyl adjacent to an activating group) is 1. The summed E-state index contributed by atoms with van der Waals surface area (Å²) < 4.78 is 0. The predicted octanol–water partition coefficient (Wildman–Crippen LogP) is 2.04. The largest absolute Gasteiger partial charge is 0.473 e. The molecule has 1 aliphatic carbocycles. The van der Waals surface area contributed by atoms with Crippen LogP contribution in [0.2, 0.25) is 0 Å². The minimum absolute atomic E-state index is 0.817. The van der Waals surface area contributed by atoms with E-state index in [9.17, 15) is 0 Å². The highest BCUT2D eigenvalue weighted by Crippen LogP contribution is 2.21. The van der Waals surface area contributed by atoms with E-state index in [1.807, 2.05) is 12.3 Å². The molecule has 1 saturated carbocycles. The molecule has 0 unspecified atom stereocenters. The summed E-state index contributed by atoms with van der Waals surface area (Å²) in [5, 5.41) is 14.8. The summed E-state index contributed by atoms with van der Waals surface area (Å²) in [6.07, 6.45) is 10.0. The van der Waals surface area contributed by atoms with Gasteiger partial charge in [0, 0.05) is 30.9 Å². The molecule has 0 atom stereocenters. The zero-order valence-corrected chi connectivity index (χ0v) is 12.9. The third-order valence-corrected chi connectivity index (χ3v) is 3.83. The van der Waals surface area contributed by atoms with Crippen LogP contribution < -0.4 is 0 Å². The first-order valence-electron chi connectivity index (χ1n) is 7.57. The molecule has 22 heavy (non-hydrogen) atoms. The van der Waals surface area contributed by atoms with E-state index < -0.39 is 11.9 Å². The summed E-state index contributed by atoms with van der Waals surface area (Å²) in [6, 6.07) is 6.99. The van der Waals surface area contributed by atoms with Gasteiger partial charge in [-0.05, 0) is 32.0 Å². The van der Waals surface area contributed by atoms with Gasteiger partial charge in [0.05, 0.1) is 0 Å². The molecule has 6 heteroatoms. The van der Waals surface area contributed by atoms with Gasteiger partial charge in [-0.1, -0.05) is 25.3 Å². The summed E-state index contributed by atoms with van der Waals surface area (Å²) in [5.74, 6) is -3.65. The third kappa shape index (κ3) is 7.17. The number of hydrogen-bond donors (Lipinski definition) is 2. The van der Waals surface area contributed by atoms with E-state index >= 15 is 0 Å². The fraction of sp³-hybridized carbons (Fsp3) is 0.562. The molecule has 0 aliphatic heterocycles. The zero-order chi connectivity index (χ0) is 16.4. The van der Waals surface area contributed by atoms with E-state index in [4.69, 9.17) is 19.8 Å². The summed E-state index contributed by atoms with van der Waals surface area (Å²) in [6.45, 7) is 1.14. The number of carbonyl (C=O) groups is 2. The fourth-order valence-electron chi connectivity index (χ4n) is 2.54. The van der Waals surface area contributed by atoms with Gasteiger partial charge >= 0.3 is 11.9 Å². The van der Waals surface area contributed by atoms with E-state index in [2.05, 4.69) is 29.1 Å². The van der Waals surface area contributed by atoms with Crippen molar-refractivity contribution in [3.05, 3.63) is 30.1 Å². The maximum Gasteiger partial charge on any atom is 0.414 e. The van der Waals surface area contributed by atoms with Crippen LogP contribution in [-0.2, 0) is 16.0 Å². The average molecular weight is 308 g/mol. The number of pyridine rings is 1. The average Bonchev–Trinajstić information content (AvgIpc) is 2.55. The number of nitrogens with zero attached hydrogens (tertiary/aromatic N) is 2. The maximum atomic E-state index is 9.10. The molecule has 0 aromatic carbocycles. The number of hydrogen-bond acceptors (Lipinski definition) is 4. The first-order valence-corrected chi connectivity index (χ1v) is 7.57. The Labute approximate surface area is 130 Å². The Balaban J connectivity index is 0.000000346. The standard InChI is InChI=1S/C14H22N2.C2H2O4/c1-16(14-8-3-2-4-9-14)12-10-13-7-5-6-11-15-13;3-1(4)2(5)6/h5-7,11,14H,2-4,8-10,12H2,1H3;(H,3,4)(H,5,6). The van der Waals surface area contributed by atoms with Gasteiger partial charge in [0.15, 0.2) is 0 Å². The molecule has 0 bridgehead atoms. The Morgan fingerprint density at radius 2 is 1.82 bits per heavy atom. The van der Waals surface area contributed by atoms with Crippen LogP contribution in [0.15, 0.2) is 24.4 Å². The van der Waals surface area contributed by atoms with Crippen molar-refractivity contribution in [1.29, 1.82) is 0 Å². The Hall–Kier alpha value is -1.95. The van der Waals surface area contributed by atoms with Crippen molar-refractivity contribution >= 4 is 11.9 Å². The SMILES string of the molecule is CN(CCc1ccccn1)C1CCCCC1.O=C(O)C(=O)O. The molecule has 6 nitrogen and oxygen atoms in total. The first kappa shape index (κ1) is 18.1. The molecule has 2 N–H and O–H groups in total. The monoisotopic (exact) mass is 308 g/mol. The number of rotatable bonds is 4. The van der Waals surface area contributed by atoms with Gasteiger partial charge in [0.2, 0.25) is 0 Å². The highest BCUT2D eigenvalue weighted by molar-refractivity contribution is 6.27. The first-order chi connectivity index (χ1) is 10.5. The Morgan fingerprint density at radius 3 is 2.32 bits per heavy atom. The van der Waals surface area contributed by atoms with Crippen LogP contribution in [0.1, 0.15) is 37.8 Å². The summed E-state index contributed by atoms with van der Waals surface area (Å²) in [7, 11) is 2.26. The molecular weight excluding hydrogens is 284 g/mol. The second-order valence-corrected chi connectivity index (χ2v) is 5.45. The van der Waals surface area contributed by atoms with E-state index in [-0.39, 0.29) is 0 Å². The molecule has 0 amide bonds. The molecule has 0 spiro atoms. The topological polar surface area (TPSA) is 90.7 Å². The number of carboxylic acids is 2. The Kier molecular flexibility index (Phi) is 8.14. The maximum absolute atomic E-state index is 9.10. The molecular formula is C16H24N2O4. The van der Waals surface area contributed by atoms with Gasteiger partial charge in [0.1, 0.15) is 0 Å². The Morgan fingerprint density at radius 1 is 1.18 bits per heavy atom. The van der Waals surface area contributed by atoms with Gasteiger partial charge in [-0.25, -0.2) is 9.59 Å². The zero-order valence-electron chi connectivity index (χ0n) is 12.9. The molecule has 1 aromatic heterocycles. The lowest BCUT2D eigenvalue weighted by Crippen LogP contribution is -2.34. The van der Waals surface area contributed by atoms with Crippen molar-refractivity contribution in [2.24, 2.45) is 0 Å². The van der Waals surface area contributed by atoms with Crippen LogP contribution in [0.25, 0.3) is 0 Å². The van der Waals surface area contributed by atoms with Crippen molar-refractivity contribution in [2.45, 2.75) is 44.6 Å². The van der Waals surface area contributed by atoms with Crippen molar-refractivity contribution in [2.75, 3.05) is 13.6 Å². The van der Waals surface area contributed by atoms with Crippen molar-refractivity contribution in [1.82, 2.24) is 9.88 Å². The van der Waals surface area contributed by atoms with Crippen molar-refractivity contribution in [3.8, 4) is 0 Å². The fourth-order valence-corrected chi connectivity index (χ4v) is 2.54. The molecule has 1 heterocycles. The van der Waals surface area contributed by atoms with Gasteiger partial charge < -0.3 is 15.1 Å². The lowest BCUT2D eigenvalue weighted by atomic mass is 9.94. The van der Waals surface area contributed by atoms with Crippen LogP contribution in [0, 0.1) is 0 Å². The third-order valence-electron chi connectivity index (χ3n) is 3.83. The van der Waals surface area contributed by atoms with Crippen molar-refractivity contribution in [3.63, 3.8) is 0 Å². The van der Waals surface area contributed by atoms with Crippen LogP contribution >= 0.6 is 0 Å². The lowest BCUT2D eigenvalue weighted by Gasteiger charge is -2.31. The smallest absolute Gasteiger partial charge is 0.414 e. The lowest BCUT2D eigenvalue weighted by molar-refractivity contribution is -0.159. The summed E-state index contributed by atoms with van der Waals surface area (Å²) >= 11 is 0. The normalized spacial score (nSPS) is 15.0. The second kappa shape index (κ2) is 9.89. The molecule has 1 aliphatic rings. The number of carboxylic acid groups (broad SMARTS) is 2. The van der Waals surface area contributed by atoms with Gasteiger partial charge in [-0.15, -0.1) is 0 Å². The molecule has 122 valence electrons. The molecule has 1 fully saturated rings. The molecule has 2 rings (SSSR count). The van der Waals surface area contributed by atoms with E-state index in [0.29, 0.717) is 0 Å². The van der Waals surface area contributed by atoms with E-state index in [1.165, 1.54) is 37.8 Å². The van der Waals surface area contributed by atoms with Gasteiger partial charge in [-0.3, -0.25) is 4.98 Å². The molecule has 0 saturated heterocycles. The minimum Gasteiger partial charge on any atom is -0.473 e. The second-order valence-electron chi connectivity index (χ2n) is 5.45. The van der Waals surface area contributed by atoms with Crippen LogP contribution in [0.4, 0.5) is 0 Å². The number of aliphatic carboxylic acids is 2. The molecule has 1 aromatic rings. The summed E-state index contributed by atoms with van der Waals surface area (Å²) in [5.41, 5.74) is 1.21. The van der Waals surface area contributed by atoms with Crippen molar-refractivity contribution < 1.29 is 19.8 Å². The van der Waals surface area contributed by atoms with E-state index in [0.717, 1.165) is 19.0 Å². The Bertz CT molecular complexity index is 446. The predicted molar refractivity (Wildman–Crippen MR) is 82.7 cm³/mol. The van der Waals surface area contributed by atoms with Crippen LogP contribution in [0.5, 0.6) is 0 Å². The number of aromatic nitrogens is 1. The highest BCUT2D eigenvalue weighted by atomic mass is 16.4. The van der Waals surface area contributed by atoms with Crippen LogP contribution in [0.3, 0.4) is 0 Å². The molecule has 0 radical (unpaired) electrons. The van der Waals surface area contributed by atoms with Gasteiger partial charge in [0.25, 0.3) is 0 Å². The minimum atomic E-state index is -1.82. The quantitative estimate of drug-likeness (QED) is 0.827. The summed E-state index contributed by atoms with van der Waals surface area (Å²) in [4.78, 5) is 25.1. The van der Waals surface area contributed by atoms with Crippen LogP contribution in [-0.4, -0.2) is 51.7 Å². The van der Waals surface area contributed by atoms with Gasteiger partial charge in [-0.2, -0.15) is 0 Å². The highest BCUT2D eigenvalue weighted by Gasteiger charge is 2.17. The van der Waals surface area contributed by atoms with E-state index in [1.54, 1.807) is 0 Å².